The number of hydrogen-bond acceptors (Lipinski definition) is 6. The van der Waals surface area contributed by atoms with Crippen LogP contribution in [0.25, 0.3) is 0 Å². The molecule has 164 valence electrons. The van der Waals surface area contributed by atoms with Crippen molar-refractivity contribution in [3.8, 4) is 5.75 Å². The van der Waals surface area contributed by atoms with Gasteiger partial charge in [-0.25, -0.2) is 0 Å². The van der Waals surface area contributed by atoms with E-state index in [9.17, 15) is 14.9 Å². The number of nitro benzene ring substituents is 1. The van der Waals surface area contributed by atoms with E-state index < -0.39 is 10.8 Å². The van der Waals surface area contributed by atoms with Gasteiger partial charge in [-0.1, -0.05) is 18.6 Å². The first kappa shape index (κ1) is 22.6. The molecule has 0 aromatic heterocycles. The normalized spacial score (nSPS) is 14.0. The van der Waals surface area contributed by atoms with Gasteiger partial charge in [-0.2, -0.15) is 0 Å². The molecule has 1 amide bonds. The van der Waals surface area contributed by atoms with E-state index in [0.29, 0.717) is 0 Å². The van der Waals surface area contributed by atoms with E-state index in [4.69, 9.17) is 17.0 Å². The second-order valence-corrected chi connectivity index (χ2v) is 7.72. The fourth-order valence-electron chi connectivity index (χ4n) is 3.49. The van der Waals surface area contributed by atoms with Crippen LogP contribution in [0.4, 0.5) is 11.4 Å². The van der Waals surface area contributed by atoms with Crippen molar-refractivity contribution in [1.82, 2.24) is 10.2 Å². The molecule has 0 atom stereocenters. The lowest BCUT2D eigenvalue weighted by molar-refractivity contribution is -0.385. The van der Waals surface area contributed by atoms with E-state index in [1.807, 2.05) is 24.3 Å². The maximum atomic E-state index is 12.5. The minimum atomic E-state index is -0.580. The predicted molar refractivity (Wildman–Crippen MR) is 124 cm³/mol. The van der Waals surface area contributed by atoms with Crippen LogP contribution in [-0.2, 0) is 6.54 Å². The van der Waals surface area contributed by atoms with E-state index in [-0.39, 0.29) is 28.7 Å². The molecule has 1 aliphatic heterocycles. The zero-order valence-electron chi connectivity index (χ0n) is 17.4. The molecule has 8 nitrogen and oxygen atoms in total. The molecule has 2 aromatic rings. The van der Waals surface area contributed by atoms with E-state index in [0.717, 1.165) is 25.3 Å². The zero-order chi connectivity index (χ0) is 22.2. The quantitative estimate of drug-likeness (QED) is 0.378. The van der Waals surface area contributed by atoms with Crippen LogP contribution in [0, 0.1) is 10.1 Å². The van der Waals surface area contributed by atoms with Crippen molar-refractivity contribution in [2.24, 2.45) is 0 Å². The average molecular weight is 443 g/mol. The summed E-state index contributed by atoms with van der Waals surface area (Å²) in [6, 6.07) is 12.0. The lowest BCUT2D eigenvalue weighted by atomic mass is 10.1. The van der Waals surface area contributed by atoms with Gasteiger partial charge in [0, 0.05) is 23.9 Å². The number of ether oxygens (including phenoxy) is 1. The number of anilines is 1. The van der Waals surface area contributed by atoms with Crippen LogP contribution >= 0.6 is 12.2 Å². The fraction of sp³-hybridized carbons (Fsp3) is 0.364. The number of benzene rings is 2. The van der Waals surface area contributed by atoms with Crippen molar-refractivity contribution in [2.45, 2.75) is 32.7 Å². The second kappa shape index (κ2) is 10.8. The second-order valence-electron chi connectivity index (χ2n) is 7.31. The number of nitrogens with one attached hydrogen (secondary N) is 2. The molecule has 3 rings (SSSR count). The van der Waals surface area contributed by atoms with Crippen LogP contribution in [0.3, 0.4) is 0 Å². The molecule has 1 aliphatic rings. The summed E-state index contributed by atoms with van der Waals surface area (Å²) in [5.41, 5.74) is 1.84. The first-order valence-corrected chi connectivity index (χ1v) is 10.7. The van der Waals surface area contributed by atoms with Gasteiger partial charge in [-0.05, 0) is 74.9 Å². The summed E-state index contributed by atoms with van der Waals surface area (Å²) in [5.74, 6) is -0.417. The minimum Gasteiger partial charge on any atom is -0.487 e. The van der Waals surface area contributed by atoms with Gasteiger partial charge >= 0.3 is 5.69 Å². The summed E-state index contributed by atoms with van der Waals surface area (Å²) in [4.78, 5) is 25.6. The molecule has 31 heavy (non-hydrogen) atoms. The third kappa shape index (κ3) is 6.47. The van der Waals surface area contributed by atoms with Gasteiger partial charge in [0.25, 0.3) is 5.91 Å². The van der Waals surface area contributed by atoms with Crippen LogP contribution in [0.5, 0.6) is 5.75 Å². The maximum absolute atomic E-state index is 12.5. The third-order valence-electron chi connectivity index (χ3n) is 5.01. The van der Waals surface area contributed by atoms with E-state index >= 15 is 0 Å². The Hall–Kier alpha value is -3.04. The van der Waals surface area contributed by atoms with Crippen LogP contribution in [0.1, 0.15) is 42.1 Å². The SMILES string of the molecule is CCOc1ccc(C(=O)NC(=S)Nc2ccc(CN3CCCCC3)cc2)cc1[N+](=O)[O-]. The average Bonchev–Trinajstić information content (AvgIpc) is 2.76. The highest BCUT2D eigenvalue weighted by molar-refractivity contribution is 7.80. The summed E-state index contributed by atoms with van der Waals surface area (Å²) in [6.45, 7) is 5.23. The summed E-state index contributed by atoms with van der Waals surface area (Å²) < 4.78 is 5.24. The Bertz CT molecular complexity index is 943. The Kier molecular flexibility index (Phi) is 7.91. The minimum absolute atomic E-state index is 0.116. The highest BCUT2D eigenvalue weighted by Crippen LogP contribution is 2.28. The number of piperidine rings is 1. The van der Waals surface area contributed by atoms with Crippen molar-refractivity contribution >= 4 is 34.6 Å². The molecule has 9 heteroatoms. The topological polar surface area (TPSA) is 96.7 Å². The number of carbonyl (C=O) groups is 1. The van der Waals surface area contributed by atoms with E-state index in [2.05, 4.69) is 15.5 Å². The number of nitro groups is 1. The molecule has 1 saturated heterocycles. The molecule has 0 aliphatic carbocycles. The van der Waals surface area contributed by atoms with Crippen molar-refractivity contribution in [3.63, 3.8) is 0 Å². The van der Waals surface area contributed by atoms with Crippen molar-refractivity contribution in [2.75, 3.05) is 25.0 Å². The molecule has 0 unspecified atom stereocenters. The third-order valence-corrected chi connectivity index (χ3v) is 5.22. The lowest BCUT2D eigenvalue weighted by Gasteiger charge is -2.26. The lowest BCUT2D eigenvalue weighted by Crippen LogP contribution is -2.34. The summed E-state index contributed by atoms with van der Waals surface area (Å²) >= 11 is 5.22. The Morgan fingerprint density at radius 2 is 1.87 bits per heavy atom. The van der Waals surface area contributed by atoms with Crippen LogP contribution in [-0.4, -0.2) is 40.5 Å². The molecule has 2 N–H and O–H groups in total. The number of thiocarbonyl (C=S) groups is 1. The monoisotopic (exact) mass is 442 g/mol. The molecule has 0 saturated carbocycles. The van der Waals surface area contributed by atoms with Gasteiger partial charge in [0.05, 0.1) is 11.5 Å². The molecular formula is C22H26N4O4S. The van der Waals surface area contributed by atoms with Crippen LogP contribution < -0.4 is 15.4 Å². The first-order valence-electron chi connectivity index (χ1n) is 10.3. The maximum Gasteiger partial charge on any atom is 0.311 e. The number of carbonyl (C=O) groups excluding carboxylic acids is 1. The van der Waals surface area contributed by atoms with Crippen molar-refractivity contribution < 1.29 is 14.5 Å². The largest absolute Gasteiger partial charge is 0.487 e. The van der Waals surface area contributed by atoms with Gasteiger partial charge in [0.2, 0.25) is 0 Å². The Labute approximate surface area is 186 Å². The van der Waals surface area contributed by atoms with Gasteiger partial charge in [0.1, 0.15) is 0 Å². The summed E-state index contributed by atoms with van der Waals surface area (Å²) in [6.07, 6.45) is 3.82. The molecule has 2 aromatic carbocycles. The Morgan fingerprint density at radius 1 is 1.16 bits per heavy atom. The first-order chi connectivity index (χ1) is 15.0. The number of hydrogen-bond donors (Lipinski definition) is 2. The molecular weight excluding hydrogens is 416 g/mol. The number of likely N-dealkylation sites (tertiary alicyclic amines) is 1. The van der Waals surface area contributed by atoms with Gasteiger partial charge in [-0.3, -0.25) is 25.1 Å². The fourth-order valence-corrected chi connectivity index (χ4v) is 3.70. The van der Waals surface area contributed by atoms with Gasteiger partial charge < -0.3 is 10.1 Å². The van der Waals surface area contributed by atoms with Crippen molar-refractivity contribution in [3.05, 3.63) is 63.7 Å². The highest BCUT2D eigenvalue weighted by Gasteiger charge is 2.19. The molecule has 0 bridgehead atoms. The standard InChI is InChI=1S/C22H26N4O4S/c1-2-30-20-11-8-17(14-19(20)26(28)29)21(27)24-22(31)23-18-9-6-16(7-10-18)15-25-12-4-3-5-13-25/h6-11,14H,2-5,12-13,15H2,1H3,(H2,23,24,27,31). The predicted octanol–water partition coefficient (Wildman–Crippen LogP) is 4.11. The number of rotatable bonds is 7. The summed E-state index contributed by atoms with van der Waals surface area (Å²) in [7, 11) is 0. The van der Waals surface area contributed by atoms with Gasteiger partial charge in [0.15, 0.2) is 10.9 Å². The smallest absolute Gasteiger partial charge is 0.311 e. The Balaban J connectivity index is 1.57. The van der Waals surface area contributed by atoms with Crippen LogP contribution in [0.2, 0.25) is 0 Å². The molecule has 1 heterocycles. The molecule has 0 spiro atoms. The van der Waals surface area contributed by atoms with E-state index in [1.165, 1.54) is 43.0 Å². The Morgan fingerprint density at radius 3 is 2.52 bits per heavy atom. The van der Waals surface area contributed by atoms with E-state index in [1.54, 1.807) is 6.92 Å². The highest BCUT2D eigenvalue weighted by atomic mass is 32.1. The molecule has 0 radical (unpaired) electrons. The molecule has 1 fully saturated rings. The van der Waals surface area contributed by atoms with Gasteiger partial charge in [-0.15, -0.1) is 0 Å². The summed E-state index contributed by atoms with van der Waals surface area (Å²) in [5, 5.41) is 16.9. The van der Waals surface area contributed by atoms with Crippen molar-refractivity contribution in [1.29, 1.82) is 0 Å². The van der Waals surface area contributed by atoms with Crippen LogP contribution in [0.15, 0.2) is 42.5 Å². The zero-order valence-corrected chi connectivity index (χ0v) is 18.2. The number of amides is 1. The number of nitrogens with zero attached hydrogens (tertiary/aromatic N) is 2.